The maximum Gasteiger partial charge on any atom is 0.213 e. The van der Waals surface area contributed by atoms with E-state index in [1.807, 2.05) is 0 Å². The summed E-state index contributed by atoms with van der Waals surface area (Å²) in [5, 5.41) is 10.4. The van der Waals surface area contributed by atoms with Crippen molar-refractivity contribution in [1.29, 1.82) is 0 Å². The molecule has 0 aliphatic heterocycles. The first-order valence-electron chi connectivity index (χ1n) is 3.62. The summed E-state index contributed by atoms with van der Waals surface area (Å²) < 4.78 is 4.91. The van der Waals surface area contributed by atoms with Gasteiger partial charge in [-0.2, -0.15) is 0 Å². The Bertz CT molecular complexity index is 295. The molecule has 0 spiro atoms. The molecule has 0 aromatic carbocycles. The molecule has 1 heterocycles. The molecule has 1 aromatic heterocycles. The predicted octanol–water partition coefficient (Wildman–Crippen LogP) is 2.17. The van der Waals surface area contributed by atoms with Crippen molar-refractivity contribution >= 4 is 27.5 Å². The molecule has 0 saturated carbocycles. The molecule has 1 unspecified atom stereocenters. The number of nitrogens with zero attached hydrogens (tertiary/aromatic N) is 1. The molecule has 3 nitrogen and oxygen atoms in total. The van der Waals surface area contributed by atoms with Crippen molar-refractivity contribution in [1.82, 2.24) is 4.98 Å². The van der Waals surface area contributed by atoms with Gasteiger partial charge in [-0.25, -0.2) is 4.98 Å². The van der Waals surface area contributed by atoms with Gasteiger partial charge in [0.1, 0.15) is 0 Å². The van der Waals surface area contributed by atoms with Crippen LogP contribution in [-0.2, 0) is 0 Å². The van der Waals surface area contributed by atoms with Crippen molar-refractivity contribution in [2.75, 3.05) is 12.4 Å². The molecule has 13 heavy (non-hydrogen) atoms. The second-order valence-electron chi connectivity index (χ2n) is 2.42. The zero-order chi connectivity index (χ0) is 9.84. The van der Waals surface area contributed by atoms with Gasteiger partial charge in [-0.15, -0.1) is 0 Å². The summed E-state index contributed by atoms with van der Waals surface area (Å²) in [6.07, 6.45) is 0.825. The van der Waals surface area contributed by atoms with Gasteiger partial charge in [0.2, 0.25) is 5.88 Å². The Morgan fingerprint density at radius 1 is 1.77 bits per heavy atom. The van der Waals surface area contributed by atoms with Crippen molar-refractivity contribution in [3.05, 3.63) is 22.8 Å². The maximum absolute atomic E-state index is 9.52. The van der Waals surface area contributed by atoms with Gasteiger partial charge in [0.25, 0.3) is 0 Å². The molecule has 0 aliphatic carbocycles. The van der Waals surface area contributed by atoms with Crippen LogP contribution in [-0.4, -0.2) is 22.5 Å². The molecule has 0 saturated heterocycles. The number of alkyl halides is 1. The molecule has 0 fully saturated rings. The lowest BCUT2D eigenvalue weighted by molar-refractivity contribution is 0.205. The number of pyridine rings is 1. The number of rotatable bonds is 3. The van der Waals surface area contributed by atoms with Gasteiger partial charge in [0, 0.05) is 23.2 Å². The van der Waals surface area contributed by atoms with Crippen LogP contribution < -0.4 is 4.74 Å². The van der Waals surface area contributed by atoms with E-state index in [-0.39, 0.29) is 0 Å². The van der Waals surface area contributed by atoms with E-state index in [0.29, 0.717) is 21.8 Å². The molecule has 0 bridgehead atoms. The monoisotopic (exact) mass is 265 g/mol. The number of aliphatic hydroxyl groups excluding tert-OH is 1. The van der Waals surface area contributed by atoms with E-state index in [4.69, 9.17) is 16.3 Å². The normalized spacial score (nSPS) is 12.6. The fourth-order valence-electron chi connectivity index (χ4n) is 0.884. The summed E-state index contributed by atoms with van der Waals surface area (Å²) >= 11 is 8.99. The largest absolute Gasteiger partial charge is 0.481 e. The van der Waals surface area contributed by atoms with Crippen LogP contribution in [0.2, 0.25) is 5.02 Å². The highest BCUT2D eigenvalue weighted by Gasteiger charge is 2.11. The van der Waals surface area contributed by atoms with E-state index in [1.54, 1.807) is 6.07 Å². The van der Waals surface area contributed by atoms with Crippen LogP contribution in [0.1, 0.15) is 11.7 Å². The summed E-state index contributed by atoms with van der Waals surface area (Å²) in [5.74, 6) is 0.444. The maximum atomic E-state index is 9.52. The molecule has 0 aliphatic rings. The van der Waals surface area contributed by atoms with E-state index in [0.717, 1.165) is 0 Å². The molecule has 0 amide bonds. The van der Waals surface area contributed by atoms with Gasteiger partial charge < -0.3 is 9.84 Å². The van der Waals surface area contributed by atoms with Gasteiger partial charge in [0.05, 0.1) is 18.2 Å². The Morgan fingerprint density at radius 2 is 2.46 bits per heavy atom. The Hall–Kier alpha value is -0.320. The Kier molecular flexibility index (Phi) is 3.96. The van der Waals surface area contributed by atoms with Gasteiger partial charge >= 0.3 is 0 Å². The summed E-state index contributed by atoms with van der Waals surface area (Å²) in [4.78, 5) is 3.89. The smallest absolute Gasteiger partial charge is 0.213 e. The average Bonchev–Trinajstić information content (AvgIpc) is 2.17. The van der Waals surface area contributed by atoms with Gasteiger partial charge in [0.15, 0.2) is 0 Å². The van der Waals surface area contributed by atoms with Crippen LogP contribution in [0.4, 0.5) is 0 Å². The van der Waals surface area contributed by atoms with Crippen molar-refractivity contribution in [3.63, 3.8) is 0 Å². The number of halogens is 2. The summed E-state index contributed by atoms with van der Waals surface area (Å²) in [6.45, 7) is 0. The summed E-state index contributed by atoms with van der Waals surface area (Å²) in [6, 6.07) is 1.62. The minimum atomic E-state index is -0.635. The molecule has 72 valence electrons. The SMILES string of the molecule is COc1cc(C(O)CBr)c(Cl)cn1. The first-order chi connectivity index (χ1) is 6.19. The number of aromatic nitrogens is 1. The van der Waals surface area contributed by atoms with Crippen LogP contribution >= 0.6 is 27.5 Å². The second-order valence-corrected chi connectivity index (χ2v) is 3.47. The third kappa shape index (κ3) is 2.56. The third-order valence-corrected chi connectivity index (χ3v) is 2.50. The van der Waals surface area contributed by atoms with Crippen LogP contribution in [0.15, 0.2) is 12.3 Å². The Balaban J connectivity index is 3.03. The third-order valence-electron chi connectivity index (χ3n) is 1.57. The summed E-state index contributed by atoms with van der Waals surface area (Å²) in [7, 11) is 1.51. The quantitative estimate of drug-likeness (QED) is 0.853. The lowest BCUT2D eigenvalue weighted by atomic mass is 10.2. The van der Waals surface area contributed by atoms with E-state index in [1.165, 1.54) is 13.3 Å². The molecule has 1 atom stereocenters. The highest BCUT2D eigenvalue weighted by molar-refractivity contribution is 9.09. The molecular weight excluding hydrogens is 257 g/mol. The van der Waals surface area contributed by atoms with Gasteiger partial charge in [-0.3, -0.25) is 0 Å². The lowest BCUT2D eigenvalue weighted by Gasteiger charge is -2.09. The van der Waals surface area contributed by atoms with E-state index in [9.17, 15) is 5.11 Å². The molecule has 1 N–H and O–H groups in total. The van der Waals surface area contributed by atoms with Crippen molar-refractivity contribution in [2.24, 2.45) is 0 Å². The Morgan fingerprint density at radius 3 is 3.00 bits per heavy atom. The fraction of sp³-hybridized carbons (Fsp3) is 0.375. The first-order valence-corrected chi connectivity index (χ1v) is 5.12. The molecule has 0 radical (unpaired) electrons. The number of ether oxygens (including phenoxy) is 1. The minimum absolute atomic E-state index is 0.430. The second kappa shape index (κ2) is 4.79. The van der Waals surface area contributed by atoms with E-state index >= 15 is 0 Å². The van der Waals surface area contributed by atoms with Crippen molar-refractivity contribution < 1.29 is 9.84 Å². The zero-order valence-electron chi connectivity index (χ0n) is 7.00. The van der Waals surface area contributed by atoms with Crippen LogP contribution in [0.5, 0.6) is 5.88 Å². The van der Waals surface area contributed by atoms with E-state index in [2.05, 4.69) is 20.9 Å². The molecular formula is C8H9BrClNO2. The highest BCUT2D eigenvalue weighted by Crippen LogP contribution is 2.26. The topological polar surface area (TPSA) is 42.4 Å². The van der Waals surface area contributed by atoms with E-state index < -0.39 is 6.10 Å². The number of hydrogen-bond donors (Lipinski definition) is 1. The van der Waals surface area contributed by atoms with Crippen LogP contribution in [0, 0.1) is 0 Å². The Labute approximate surface area is 89.8 Å². The standard InChI is InChI=1S/C8H9BrClNO2/c1-13-8-2-5(7(12)3-9)6(10)4-11-8/h2,4,7,12H,3H2,1H3. The summed E-state index contributed by atoms with van der Waals surface area (Å²) in [5.41, 5.74) is 0.616. The predicted molar refractivity (Wildman–Crippen MR) is 54.6 cm³/mol. The van der Waals surface area contributed by atoms with Gasteiger partial charge in [-0.05, 0) is 0 Å². The number of aliphatic hydroxyl groups is 1. The highest BCUT2D eigenvalue weighted by atomic mass is 79.9. The molecule has 5 heteroatoms. The fourth-order valence-corrected chi connectivity index (χ4v) is 1.46. The number of hydrogen-bond acceptors (Lipinski definition) is 3. The van der Waals surface area contributed by atoms with Crippen molar-refractivity contribution in [3.8, 4) is 5.88 Å². The zero-order valence-corrected chi connectivity index (χ0v) is 9.34. The van der Waals surface area contributed by atoms with Crippen LogP contribution in [0.3, 0.4) is 0 Å². The lowest BCUT2D eigenvalue weighted by Crippen LogP contribution is -2.00. The van der Waals surface area contributed by atoms with Crippen molar-refractivity contribution in [2.45, 2.75) is 6.10 Å². The number of methoxy groups -OCH3 is 1. The van der Waals surface area contributed by atoms with Gasteiger partial charge in [-0.1, -0.05) is 27.5 Å². The first kappa shape index (κ1) is 10.8. The van der Waals surface area contributed by atoms with Crippen LogP contribution in [0.25, 0.3) is 0 Å². The minimum Gasteiger partial charge on any atom is -0.481 e. The molecule has 1 rings (SSSR count). The average molecular weight is 267 g/mol. The molecule has 1 aromatic rings.